The zero-order valence-corrected chi connectivity index (χ0v) is 16.0. The van der Waals surface area contributed by atoms with Gasteiger partial charge >= 0.3 is 6.03 Å². The molecule has 0 fully saturated rings. The molecule has 0 spiro atoms. The summed E-state index contributed by atoms with van der Waals surface area (Å²) in [7, 11) is 0. The van der Waals surface area contributed by atoms with E-state index in [2.05, 4.69) is 16.0 Å². The molecule has 29 heavy (non-hydrogen) atoms. The average molecular weight is 391 g/mol. The molecule has 0 aliphatic rings. The second-order valence-corrected chi connectivity index (χ2v) is 6.73. The number of hydrogen-bond donors (Lipinski definition) is 3. The van der Waals surface area contributed by atoms with Crippen molar-refractivity contribution in [2.45, 2.75) is 19.3 Å². The lowest BCUT2D eigenvalue weighted by Gasteiger charge is -2.13. The fraction of sp³-hybridized carbons (Fsp3) is 0.130. The van der Waals surface area contributed by atoms with Crippen LogP contribution in [0.1, 0.15) is 24.8 Å². The molecule has 0 aliphatic heterocycles. The summed E-state index contributed by atoms with van der Waals surface area (Å²) in [6, 6.07) is 21.8. The highest BCUT2D eigenvalue weighted by molar-refractivity contribution is 6.00. The number of rotatable bonds is 6. The molecule has 0 aliphatic carbocycles. The Morgan fingerprint density at radius 1 is 0.793 bits per heavy atom. The lowest BCUT2D eigenvalue weighted by Crippen LogP contribution is -2.19. The van der Waals surface area contributed by atoms with E-state index in [9.17, 15) is 14.0 Å². The molecular weight excluding hydrogens is 369 g/mol. The number of para-hydroxylation sites is 1. The van der Waals surface area contributed by atoms with Gasteiger partial charge < -0.3 is 16.0 Å². The molecule has 0 bridgehead atoms. The number of carbonyl (C=O) groups is 2. The van der Waals surface area contributed by atoms with Crippen LogP contribution < -0.4 is 16.0 Å². The first-order valence-corrected chi connectivity index (χ1v) is 9.28. The van der Waals surface area contributed by atoms with Gasteiger partial charge in [0.2, 0.25) is 5.91 Å². The van der Waals surface area contributed by atoms with Crippen LogP contribution in [0.25, 0.3) is 0 Å². The molecule has 148 valence electrons. The molecule has 3 N–H and O–H groups in total. The van der Waals surface area contributed by atoms with Gasteiger partial charge in [0.1, 0.15) is 5.82 Å². The SMILES string of the molecule is CC(CC(=O)Nc1cccc(NC(=O)Nc2ccccc2)c1)c1ccc(F)cc1. The Labute approximate surface area is 169 Å². The van der Waals surface area contributed by atoms with E-state index in [1.54, 1.807) is 48.5 Å². The van der Waals surface area contributed by atoms with Crippen LogP contribution in [-0.4, -0.2) is 11.9 Å². The molecule has 0 heterocycles. The second-order valence-electron chi connectivity index (χ2n) is 6.73. The van der Waals surface area contributed by atoms with Crippen LogP contribution >= 0.6 is 0 Å². The highest BCUT2D eigenvalue weighted by atomic mass is 19.1. The predicted molar refractivity (Wildman–Crippen MR) is 114 cm³/mol. The van der Waals surface area contributed by atoms with Gasteiger partial charge in [0.05, 0.1) is 0 Å². The number of amides is 3. The van der Waals surface area contributed by atoms with Gasteiger partial charge in [-0.1, -0.05) is 43.3 Å². The van der Waals surface area contributed by atoms with Gasteiger partial charge in [-0.05, 0) is 53.9 Å². The summed E-state index contributed by atoms with van der Waals surface area (Å²) in [4.78, 5) is 24.5. The van der Waals surface area contributed by atoms with Crippen LogP contribution in [-0.2, 0) is 4.79 Å². The van der Waals surface area contributed by atoms with Gasteiger partial charge in [-0.25, -0.2) is 9.18 Å². The van der Waals surface area contributed by atoms with Crippen LogP contribution in [0, 0.1) is 5.82 Å². The first kappa shape index (κ1) is 20.1. The molecule has 0 aromatic heterocycles. The summed E-state index contributed by atoms with van der Waals surface area (Å²) >= 11 is 0. The second kappa shape index (κ2) is 9.50. The standard InChI is InChI=1S/C23H22FN3O2/c1-16(17-10-12-18(24)13-11-17)14-22(28)25-20-8-5-9-21(15-20)27-23(29)26-19-6-3-2-4-7-19/h2-13,15-16H,14H2,1H3,(H,25,28)(H2,26,27,29). The van der Waals surface area contributed by atoms with Crippen molar-refractivity contribution in [2.75, 3.05) is 16.0 Å². The van der Waals surface area contributed by atoms with Crippen LogP contribution in [0.15, 0.2) is 78.9 Å². The van der Waals surface area contributed by atoms with E-state index < -0.39 is 0 Å². The third-order valence-corrected chi connectivity index (χ3v) is 4.37. The maximum Gasteiger partial charge on any atom is 0.323 e. The molecule has 0 saturated carbocycles. The topological polar surface area (TPSA) is 70.2 Å². The number of hydrogen-bond acceptors (Lipinski definition) is 2. The van der Waals surface area contributed by atoms with E-state index in [0.717, 1.165) is 5.56 Å². The third kappa shape index (κ3) is 6.17. The summed E-state index contributed by atoms with van der Waals surface area (Å²) in [6.45, 7) is 1.92. The fourth-order valence-electron chi connectivity index (χ4n) is 2.89. The van der Waals surface area contributed by atoms with E-state index >= 15 is 0 Å². The molecule has 0 radical (unpaired) electrons. The minimum Gasteiger partial charge on any atom is -0.326 e. The average Bonchev–Trinajstić information content (AvgIpc) is 2.69. The monoisotopic (exact) mass is 391 g/mol. The molecular formula is C23H22FN3O2. The third-order valence-electron chi connectivity index (χ3n) is 4.37. The highest BCUT2D eigenvalue weighted by Gasteiger charge is 2.12. The molecule has 3 amide bonds. The molecule has 5 nitrogen and oxygen atoms in total. The summed E-state index contributed by atoms with van der Waals surface area (Å²) in [5.74, 6) is -0.507. The van der Waals surface area contributed by atoms with E-state index in [0.29, 0.717) is 17.1 Å². The maximum absolute atomic E-state index is 13.0. The van der Waals surface area contributed by atoms with Crippen molar-refractivity contribution in [3.63, 3.8) is 0 Å². The number of carbonyl (C=O) groups excluding carboxylic acids is 2. The number of nitrogens with one attached hydrogen (secondary N) is 3. The summed E-state index contributed by atoms with van der Waals surface area (Å²) in [5, 5.41) is 8.31. The smallest absolute Gasteiger partial charge is 0.323 e. The Balaban J connectivity index is 1.55. The van der Waals surface area contributed by atoms with Crippen molar-refractivity contribution in [1.82, 2.24) is 0 Å². The highest BCUT2D eigenvalue weighted by Crippen LogP contribution is 2.21. The summed E-state index contributed by atoms with van der Waals surface area (Å²) in [5.41, 5.74) is 2.72. The minimum absolute atomic E-state index is 0.0476. The zero-order chi connectivity index (χ0) is 20.6. The largest absolute Gasteiger partial charge is 0.326 e. The van der Waals surface area contributed by atoms with Crippen molar-refractivity contribution >= 4 is 29.0 Å². The van der Waals surface area contributed by atoms with Crippen molar-refractivity contribution in [3.8, 4) is 0 Å². The Morgan fingerprint density at radius 3 is 2.07 bits per heavy atom. The fourth-order valence-corrected chi connectivity index (χ4v) is 2.89. The Kier molecular flexibility index (Phi) is 6.58. The lowest BCUT2D eigenvalue weighted by atomic mass is 9.97. The minimum atomic E-state index is -0.371. The van der Waals surface area contributed by atoms with E-state index in [1.807, 2.05) is 25.1 Å². The zero-order valence-electron chi connectivity index (χ0n) is 16.0. The van der Waals surface area contributed by atoms with E-state index in [-0.39, 0.29) is 30.1 Å². The predicted octanol–water partition coefficient (Wildman–Crippen LogP) is 5.60. The molecule has 6 heteroatoms. The van der Waals surface area contributed by atoms with Crippen molar-refractivity contribution in [1.29, 1.82) is 0 Å². The molecule has 1 atom stereocenters. The van der Waals surface area contributed by atoms with Crippen molar-refractivity contribution < 1.29 is 14.0 Å². The Morgan fingerprint density at radius 2 is 1.38 bits per heavy atom. The normalized spacial score (nSPS) is 11.4. The first-order valence-electron chi connectivity index (χ1n) is 9.28. The van der Waals surface area contributed by atoms with Gasteiger partial charge in [0.25, 0.3) is 0 Å². The van der Waals surface area contributed by atoms with Crippen LogP contribution in [0.2, 0.25) is 0 Å². The summed E-state index contributed by atoms with van der Waals surface area (Å²) in [6.07, 6.45) is 0.262. The number of urea groups is 1. The molecule has 3 aromatic carbocycles. The number of benzene rings is 3. The van der Waals surface area contributed by atoms with Crippen LogP contribution in [0.5, 0.6) is 0 Å². The molecule has 0 saturated heterocycles. The van der Waals surface area contributed by atoms with Crippen LogP contribution in [0.3, 0.4) is 0 Å². The van der Waals surface area contributed by atoms with Crippen molar-refractivity contribution in [3.05, 3.63) is 90.2 Å². The van der Waals surface area contributed by atoms with E-state index in [1.165, 1.54) is 12.1 Å². The lowest BCUT2D eigenvalue weighted by molar-refractivity contribution is -0.116. The number of halogens is 1. The van der Waals surface area contributed by atoms with Gasteiger partial charge in [-0.3, -0.25) is 4.79 Å². The van der Waals surface area contributed by atoms with Gasteiger partial charge in [-0.2, -0.15) is 0 Å². The van der Waals surface area contributed by atoms with Crippen molar-refractivity contribution in [2.24, 2.45) is 0 Å². The Bertz CT molecular complexity index is 975. The first-order chi connectivity index (χ1) is 14.0. The number of anilines is 3. The molecule has 3 rings (SSSR count). The van der Waals surface area contributed by atoms with E-state index in [4.69, 9.17) is 0 Å². The quantitative estimate of drug-likeness (QED) is 0.512. The summed E-state index contributed by atoms with van der Waals surface area (Å²) < 4.78 is 13.0. The van der Waals surface area contributed by atoms with Crippen LogP contribution in [0.4, 0.5) is 26.2 Å². The van der Waals surface area contributed by atoms with Gasteiger partial charge in [-0.15, -0.1) is 0 Å². The maximum atomic E-state index is 13.0. The van der Waals surface area contributed by atoms with Gasteiger partial charge in [0.15, 0.2) is 0 Å². The molecule has 1 unspecified atom stereocenters. The van der Waals surface area contributed by atoms with Gasteiger partial charge in [0, 0.05) is 23.5 Å². The molecule has 3 aromatic rings. The Hall–Kier alpha value is -3.67.